The zero-order valence-electron chi connectivity index (χ0n) is 6.15. The lowest BCUT2D eigenvalue weighted by Gasteiger charge is -2.14. The SMILES string of the molecule is C[N+](C)(C)C.[CH2]C. The molecule has 0 fully saturated rings. The normalized spacial score (nSPS) is 9.43. The van der Waals surface area contributed by atoms with Crippen LogP contribution in [0, 0.1) is 6.92 Å². The van der Waals surface area contributed by atoms with E-state index in [1.165, 1.54) is 0 Å². The Hall–Kier alpha value is -0.0400. The Bertz CT molecular complexity index is 19.7. The van der Waals surface area contributed by atoms with Crippen LogP contribution < -0.4 is 0 Å². The second kappa shape index (κ2) is 4.13. The van der Waals surface area contributed by atoms with Crippen molar-refractivity contribution in [2.45, 2.75) is 6.92 Å². The summed E-state index contributed by atoms with van der Waals surface area (Å²) < 4.78 is 1.00. The molecule has 0 aromatic rings. The first kappa shape index (κ1) is 10.0. The van der Waals surface area contributed by atoms with Gasteiger partial charge in [0.15, 0.2) is 0 Å². The first-order valence-corrected chi connectivity index (χ1v) is 2.50. The predicted octanol–water partition coefficient (Wildman–Crippen LogP) is 1.16. The van der Waals surface area contributed by atoms with E-state index in [0.29, 0.717) is 0 Å². The molecule has 7 heavy (non-hydrogen) atoms. The minimum atomic E-state index is 1.00. The van der Waals surface area contributed by atoms with Gasteiger partial charge in [-0.2, -0.15) is 0 Å². The van der Waals surface area contributed by atoms with E-state index in [2.05, 4.69) is 35.1 Å². The fourth-order valence-corrected chi connectivity index (χ4v) is 0. The summed E-state index contributed by atoms with van der Waals surface area (Å²) >= 11 is 0. The molecule has 1 nitrogen and oxygen atoms in total. The number of hydrogen-bond donors (Lipinski definition) is 0. The van der Waals surface area contributed by atoms with Gasteiger partial charge in [-0.25, -0.2) is 0 Å². The van der Waals surface area contributed by atoms with Gasteiger partial charge < -0.3 is 4.48 Å². The summed E-state index contributed by atoms with van der Waals surface area (Å²) in [7, 11) is 8.50. The molecule has 0 aromatic carbocycles. The predicted molar refractivity (Wildman–Crippen MR) is 35.0 cm³/mol. The van der Waals surface area contributed by atoms with Gasteiger partial charge in [-0.15, -0.1) is 0 Å². The fourth-order valence-electron chi connectivity index (χ4n) is 0. The molecule has 0 aromatic heterocycles. The van der Waals surface area contributed by atoms with Gasteiger partial charge in [0.2, 0.25) is 0 Å². The molecule has 0 spiro atoms. The molecule has 45 valence electrons. The Morgan fingerprint density at radius 2 is 0.857 bits per heavy atom. The van der Waals surface area contributed by atoms with E-state index in [0.717, 1.165) is 4.48 Å². The topological polar surface area (TPSA) is 0 Å². The molecule has 1 heteroatoms. The Balaban J connectivity index is 0. The molecular weight excluding hydrogens is 86.1 g/mol. The lowest BCUT2D eigenvalue weighted by atomic mass is 10.8. The van der Waals surface area contributed by atoms with Crippen LogP contribution in [0.5, 0.6) is 0 Å². The number of hydrogen-bond acceptors (Lipinski definition) is 0. The van der Waals surface area contributed by atoms with Crippen molar-refractivity contribution in [3.8, 4) is 0 Å². The first-order chi connectivity index (χ1) is 3.00. The summed E-state index contributed by atoms with van der Waals surface area (Å²) in [5, 5.41) is 0. The van der Waals surface area contributed by atoms with Gasteiger partial charge in [-0.3, -0.25) is 0 Å². The summed E-state index contributed by atoms with van der Waals surface area (Å²) in [4.78, 5) is 0. The van der Waals surface area contributed by atoms with Crippen LogP contribution >= 0.6 is 0 Å². The van der Waals surface area contributed by atoms with Crippen molar-refractivity contribution < 1.29 is 4.48 Å². The number of nitrogens with zero attached hydrogens (tertiary/aromatic N) is 1. The highest BCUT2D eigenvalue weighted by Gasteiger charge is 1.88. The van der Waals surface area contributed by atoms with E-state index in [1.54, 1.807) is 6.92 Å². The summed E-state index contributed by atoms with van der Waals surface area (Å²) in [5.41, 5.74) is 0. The van der Waals surface area contributed by atoms with Gasteiger partial charge in [-0.1, -0.05) is 13.8 Å². The summed E-state index contributed by atoms with van der Waals surface area (Å²) in [5.74, 6) is 0. The smallest absolute Gasteiger partial charge is 0.0675 e. The summed E-state index contributed by atoms with van der Waals surface area (Å²) in [6.07, 6.45) is 0. The lowest BCUT2D eigenvalue weighted by Crippen LogP contribution is -2.27. The third-order valence-corrected chi connectivity index (χ3v) is 0. The third-order valence-electron chi connectivity index (χ3n) is 0. The van der Waals surface area contributed by atoms with Crippen LogP contribution in [0.4, 0.5) is 0 Å². The molecular formula is C6H17N+. The molecule has 0 saturated carbocycles. The number of rotatable bonds is 0. The van der Waals surface area contributed by atoms with Crippen LogP contribution in [0.2, 0.25) is 0 Å². The highest BCUT2D eigenvalue weighted by atomic mass is 15.2. The molecule has 0 atom stereocenters. The van der Waals surface area contributed by atoms with Crippen molar-refractivity contribution >= 4 is 0 Å². The van der Waals surface area contributed by atoms with Crippen LogP contribution in [0.1, 0.15) is 6.92 Å². The van der Waals surface area contributed by atoms with Crippen molar-refractivity contribution in [1.82, 2.24) is 0 Å². The van der Waals surface area contributed by atoms with Crippen molar-refractivity contribution in [1.29, 1.82) is 0 Å². The van der Waals surface area contributed by atoms with Crippen molar-refractivity contribution in [2.75, 3.05) is 28.2 Å². The first-order valence-electron chi connectivity index (χ1n) is 2.50. The molecule has 0 heterocycles. The molecule has 0 unspecified atom stereocenters. The van der Waals surface area contributed by atoms with E-state index < -0.39 is 0 Å². The van der Waals surface area contributed by atoms with Crippen LogP contribution in [-0.4, -0.2) is 32.7 Å². The molecule has 0 aliphatic rings. The van der Waals surface area contributed by atoms with Gasteiger partial charge >= 0.3 is 0 Å². The van der Waals surface area contributed by atoms with Crippen molar-refractivity contribution in [2.24, 2.45) is 0 Å². The molecule has 0 rings (SSSR count). The van der Waals surface area contributed by atoms with Gasteiger partial charge in [0.05, 0.1) is 28.2 Å². The zero-order chi connectivity index (χ0) is 6.50. The maximum absolute atomic E-state index is 3.25. The molecule has 0 aliphatic carbocycles. The summed E-state index contributed by atoms with van der Waals surface area (Å²) in [6, 6.07) is 0. The minimum Gasteiger partial charge on any atom is -0.333 e. The van der Waals surface area contributed by atoms with Gasteiger partial charge in [0.1, 0.15) is 0 Å². The molecule has 0 saturated heterocycles. The Kier molecular flexibility index (Phi) is 5.93. The van der Waals surface area contributed by atoms with Gasteiger partial charge in [0.25, 0.3) is 0 Å². The molecule has 0 aliphatic heterocycles. The van der Waals surface area contributed by atoms with E-state index in [4.69, 9.17) is 0 Å². The Morgan fingerprint density at radius 1 is 0.857 bits per heavy atom. The molecule has 0 N–H and O–H groups in total. The molecule has 1 radical (unpaired) electrons. The minimum absolute atomic E-state index is 1.00. The van der Waals surface area contributed by atoms with Crippen LogP contribution in [0.3, 0.4) is 0 Å². The van der Waals surface area contributed by atoms with Gasteiger partial charge in [-0.05, 0) is 0 Å². The summed E-state index contributed by atoms with van der Waals surface area (Å²) in [6.45, 7) is 5.00. The lowest BCUT2D eigenvalue weighted by molar-refractivity contribution is -0.849. The average Bonchev–Trinajstić information content (AvgIpc) is 1.36. The highest BCUT2D eigenvalue weighted by Crippen LogP contribution is 1.73. The average molecular weight is 103 g/mol. The third kappa shape index (κ3) is 58400. The van der Waals surface area contributed by atoms with E-state index in [1.807, 2.05) is 0 Å². The molecule has 0 amide bonds. The molecule has 0 bridgehead atoms. The van der Waals surface area contributed by atoms with Crippen LogP contribution in [-0.2, 0) is 0 Å². The Morgan fingerprint density at radius 3 is 0.857 bits per heavy atom. The van der Waals surface area contributed by atoms with Gasteiger partial charge in [0, 0.05) is 0 Å². The van der Waals surface area contributed by atoms with E-state index >= 15 is 0 Å². The Labute approximate surface area is 47.5 Å². The second-order valence-corrected chi connectivity index (χ2v) is 2.68. The fraction of sp³-hybridized carbons (Fsp3) is 0.833. The largest absolute Gasteiger partial charge is 0.333 e. The van der Waals surface area contributed by atoms with Crippen molar-refractivity contribution in [3.63, 3.8) is 0 Å². The van der Waals surface area contributed by atoms with Crippen LogP contribution in [0.25, 0.3) is 0 Å². The van der Waals surface area contributed by atoms with E-state index in [-0.39, 0.29) is 0 Å². The quantitative estimate of drug-likeness (QED) is 0.404. The van der Waals surface area contributed by atoms with Crippen molar-refractivity contribution in [3.05, 3.63) is 6.92 Å². The van der Waals surface area contributed by atoms with E-state index in [9.17, 15) is 0 Å². The van der Waals surface area contributed by atoms with Crippen LogP contribution in [0.15, 0.2) is 0 Å². The monoisotopic (exact) mass is 103 g/mol. The maximum Gasteiger partial charge on any atom is 0.0675 e. The highest BCUT2D eigenvalue weighted by molar-refractivity contribution is 3.94. The number of quaternary nitrogens is 1. The maximum atomic E-state index is 3.25. The zero-order valence-corrected chi connectivity index (χ0v) is 6.15. The standard InChI is InChI=1S/C4H12N.C2H5/c1-5(2,3)4;1-2/h1-4H3;1H2,2H3/q+1;. The second-order valence-electron chi connectivity index (χ2n) is 2.68.